The summed E-state index contributed by atoms with van der Waals surface area (Å²) < 4.78 is 32.8. The molecule has 0 aromatic heterocycles. The molecule has 0 unspecified atom stereocenters. The molecule has 6 heteroatoms. The van der Waals surface area contributed by atoms with E-state index in [1.165, 1.54) is 19.3 Å². The predicted octanol–water partition coefficient (Wildman–Crippen LogP) is 5.52. The first-order valence-electron chi connectivity index (χ1n) is 10.4. The van der Waals surface area contributed by atoms with Crippen LogP contribution in [0.5, 0.6) is 23.0 Å². The van der Waals surface area contributed by atoms with Crippen molar-refractivity contribution >= 4 is 0 Å². The van der Waals surface area contributed by atoms with E-state index in [-0.39, 0.29) is 13.6 Å². The molecule has 0 saturated heterocycles. The van der Waals surface area contributed by atoms with Crippen molar-refractivity contribution in [3.05, 3.63) is 23.8 Å². The molecule has 1 rings (SSSR count). The van der Waals surface area contributed by atoms with Crippen molar-refractivity contribution in [2.24, 2.45) is 0 Å². The maximum Gasteiger partial charge on any atom is 0.188 e. The second kappa shape index (κ2) is 15.9. The molecule has 1 aromatic rings. The summed E-state index contributed by atoms with van der Waals surface area (Å²) in [6, 6.07) is 1.76. The van der Waals surface area contributed by atoms with Crippen LogP contribution in [0, 0.1) is 0 Å². The Morgan fingerprint density at radius 2 is 1.41 bits per heavy atom. The maximum atomic E-state index is 5.82. The van der Waals surface area contributed by atoms with Gasteiger partial charge in [-0.2, -0.15) is 0 Å². The molecule has 0 spiro atoms. The first-order valence-corrected chi connectivity index (χ1v) is 10.4. The van der Waals surface area contributed by atoms with Gasteiger partial charge in [0, 0.05) is 25.8 Å². The van der Waals surface area contributed by atoms with Gasteiger partial charge in [-0.25, -0.2) is 0 Å². The Bertz CT molecular complexity index is 585. The zero-order valence-corrected chi connectivity index (χ0v) is 18.8. The average Bonchev–Trinajstić information content (AvgIpc) is 2.74. The normalized spacial score (nSPS) is 11.1. The zero-order valence-electron chi connectivity index (χ0n) is 18.8. The largest absolute Gasteiger partial charge is 0.493 e. The summed E-state index contributed by atoms with van der Waals surface area (Å²) in [7, 11) is 6.41. The van der Waals surface area contributed by atoms with Gasteiger partial charge in [-0.15, -0.1) is 0 Å². The van der Waals surface area contributed by atoms with E-state index in [0.717, 1.165) is 37.7 Å². The molecule has 0 radical (unpaired) electrons. The van der Waals surface area contributed by atoms with Gasteiger partial charge in [0.1, 0.15) is 0 Å². The first kappa shape index (κ1) is 25.1. The summed E-state index contributed by atoms with van der Waals surface area (Å²) in [6.07, 6.45) is 13.5. The molecule has 0 fully saturated rings. The van der Waals surface area contributed by atoms with Crippen LogP contribution in [0.3, 0.4) is 0 Å². The SMILES string of the molecule is CCCCC=CCCCCCc1c(OC)c(OCOC)cc(OC)c1OCOC. The van der Waals surface area contributed by atoms with Gasteiger partial charge < -0.3 is 28.4 Å². The van der Waals surface area contributed by atoms with Crippen LogP contribution in [-0.4, -0.2) is 42.0 Å². The Hall–Kier alpha value is -1.92. The Balaban J connectivity index is 2.85. The minimum atomic E-state index is 0.127. The molecule has 0 amide bonds. The van der Waals surface area contributed by atoms with Crippen molar-refractivity contribution in [2.45, 2.75) is 58.3 Å². The first-order chi connectivity index (χ1) is 14.2. The molecular weight excluding hydrogens is 372 g/mol. The van der Waals surface area contributed by atoms with Crippen LogP contribution in [0.4, 0.5) is 0 Å². The van der Waals surface area contributed by atoms with E-state index in [2.05, 4.69) is 19.1 Å². The molecule has 0 aliphatic carbocycles. The number of benzene rings is 1. The van der Waals surface area contributed by atoms with Crippen LogP contribution in [0.15, 0.2) is 18.2 Å². The van der Waals surface area contributed by atoms with Crippen LogP contribution in [0.25, 0.3) is 0 Å². The third kappa shape index (κ3) is 8.96. The fourth-order valence-electron chi connectivity index (χ4n) is 3.06. The van der Waals surface area contributed by atoms with E-state index >= 15 is 0 Å². The Morgan fingerprint density at radius 3 is 2.03 bits per heavy atom. The summed E-state index contributed by atoms with van der Waals surface area (Å²) in [4.78, 5) is 0. The minimum absolute atomic E-state index is 0.127. The van der Waals surface area contributed by atoms with E-state index in [1.54, 1.807) is 34.5 Å². The topological polar surface area (TPSA) is 55.4 Å². The molecule has 0 aliphatic rings. The highest BCUT2D eigenvalue weighted by Crippen LogP contribution is 2.45. The number of hydrogen-bond acceptors (Lipinski definition) is 6. The Labute approximate surface area is 176 Å². The predicted molar refractivity (Wildman–Crippen MR) is 115 cm³/mol. The number of hydrogen-bond donors (Lipinski definition) is 0. The van der Waals surface area contributed by atoms with Crippen LogP contribution in [-0.2, 0) is 15.9 Å². The van der Waals surface area contributed by atoms with E-state index in [4.69, 9.17) is 28.4 Å². The third-order valence-corrected chi connectivity index (χ3v) is 4.52. The molecular formula is C23H38O6. The van der Waals surface area contributed by atoms with Gasteiger partial charge in [0.2, 0.25) is 0 Å². The standard InChI is InChI=1S/C23H38O6/c1-6-7-8-9-10-11-12-13-14-15-19-22(27-5)21(28-17-24-2)16-20(26-4)23(19)29-18-25-3/h9-10,16H,6-8,11-15,17-18H2,1-5H3. The number of allylic oxidation sites excluding steroid dienone is 2. The van der Waals surface area contributed by atoms with Crippen molar-refractivity contribution in [1.29, 1.82) is 0 Å². The molecule has 6 nitrogen and oxygen atoms in total. The van der Waals surface area contributed by atoms with Crippen molar-refractivity contribution in [3.63, 3.8) is 0 Å². The highest BCUT2D eigenvalue weighted by atomic mass is 16.7. The lowest BCUT2D eigenvalue weighted by atomic mass is 10.0. The highest BCUT2D eigenvalue weighted by molar-refractivity contribution is 5.61. The summed E-state index contributed by atoms with van der Waals surface area (Å²) in [6.45, 7) is 2.48. The molecule has 0 aliphatic heterocycles. The molecule has 29 heavy (non-hydrogen) atoms. The summed E-state index contributed by atoms with van der Waals surface area (Å²) >= 11 is 0. The van der Waals surface area contributed by atoms with E-state index < -0.39 is 0 Å². The van der Waals surface area contributed by atoms with E-state index in [0.29, 0.717) is 23.0 Å². The zero-order chi connectivity index (χ0) is 21.3. The maximum absolute atomic E-state index is 5.82. The van der Waals surface area contributed by atoms with Crippen LogP contribution < -0.4 is 18.9 Å². The Morgan fingerprint density at radius 1 is 0.724 bits per heavy atom. The fraction of sp³-hybridized carbons (Fsp3) is 0.652. The number of ether oxygens (including phenoxy) is 6. The summed E-state index contributed by atoms with van der Waals surface area (Å²) in [5.41, 5.74) is 0.925. The minimum Gasteiger partial charge on any atom is -0.493 e. The molecule has 0 saturated carbocycles. The highest BCUT2D eigenvalue weighted by Gasteiger charge is 2.22. The molecule has 1 aromatic carbocycles. The van der Waals surface area contributed by atoms with Crippen LogP contribution >= 0.6 is 0 Å². The molecule has 0 N–H and O–H groups in total. The molecule has 0 heterocycles. The molecule has 166 valence electrons. The van der Waals surface area contributed by atoms with E-state index in [1.807, 2.05) is 0 Å². The van der Waals surface area contributed by atoms with Gasteiger partial charge in [-0.05, 0) is 32.1 Å². The van der Waals surface area contributed by atoms with Crippen LogP contribution in [0.1, 0.15) is 57.4 Å². The van der Waals surface area contributed by atoms with E-state index in [9.17, 15) is 0 Å². The van der Waals surface area contributed by atoms with Gasteiger partial charge in [-0.3, -0.25) is 0 Å². The lowest BCUT2D eigenvalue weighted by Gasteiger charge is -2.20. The number of unbranched alkanes of at least 4 members (excludes halogenated alkanes) is 5. The fourth-order valence-corrected chi connectivity index (χ4v) is 3.06. The van der Waals surface area contributed by atoms with Gasteiger partial charge in [0.05, 0.1) is 14.2 Å². The molecule has 0 bridgehead atoms. The third-order valence-electron chi connectivity index (χ3n) is 4.52. The van der Waals surface area contributed by atoms with Crippen LogP contribution in [0.2, 0.25) is 0 Å². The van der Waals surface area contributed by atoms with Gasteiger partial charge in [0.25, 0.3) is 0 Å². The van der Waals surface area contributed by atoms with Crippen molar-refractivity contribution in [2.75, 3.05) is 42.0 Å². The second-order valence-corrected chi connectivity index (χ2v) is 6.73. The monoisotopic (exact) mass is 410 g/mol. The smallest absolute Gasteiger partial charge is 0.188 e. The summed E-state index contributed by atoms with van der Waals surface area (Å²) in [5.74, 6) is 2.44. The van der Waals surface area contributed by atoms with Crippen molar-refractivity contribution < 1.29 is 28.4 Å². The summed E-state index contributed by atoms with van der Waals surface area (Å²) in [5, 5.41) is 0. The van der Waals surface area contributed by atoms with Gasteiger partial charge >= 0.3 is 0 Å². The lowest BCUT2D eigenvalue weighted by Crippen LogP contribution is -2.08. The van der Waals surface area contributed by atoms with Gasteiger partial charge in [-0.1, -0.05) is 38.3 Å². The molecule has 0 atom stereocenters. The number of methoxy groups -OCH3 is 4. The quantitative estimate of drug-likeness (QED) is 0.191. The number of rotatable bonds is 17. The Kier molecular flexibility index (Phi) is 13.8. The second-order valence-electron chi connectivity index (χ2n) is 6.73. The van der Waals surface area contributed by atoms with Crippen molar-refractivity contribution in [1.82, 2.24) is 0 Å². The van der Waals surface area contributed by atoms with Gasteiger partial charge in [0.15, 0.2) is 36.6 Å². The van der Waals surface area contributed by atoms with Crippen molar-refractivity contribution in [3.8, 4) is 23.0 Å². The average molecular weight is 411 g/mol. The lowest BCUT2D eigenvalue weighted by molar-refractivity contribution is 0.0444.